The van der Waals surface area contributed by atoms with Gasteiger partial charge in [-0.05, 0) is 48.2 Å². The summed E-state index contributed by atoms with van der Waals surface area (Å²) in [5, 5.41) is 43.0. The highest BCUT2D eigenvalue weighted by molar-refractivity contribution is 7.92. The van der Waals surface area contributed by atoms with Gasteiger partial charge in [-0.1, -0.05) is 29.5 Å². The highest BCUT2D eigenvalue weighted by Gasteiger charge is 2.21. The lowest BCUT2D eigenvalue weighted by Crippen LogP contribution is -2.43. The minimum absolute atomic E-state index is 0.0162. The highest BCUT2D eigenvalue weighted by Crippen LogP contribution is 2.29. The standard InChI is InChI=1S/C26H32N4O8S2/c1-40(37,38)28-20-13-17(4-7-21(20)31)22(32)14-27-18-8-10-29(11-9-18)19-5-2-16(3-6-19)12-23-25(35)30(15-24(33)34)26(36)39-23/h2-7,13,18,22,27-28,31-32,35H,8-12,14-15H2,1H3,(H,33,34)/t22-/m0/s1. The molecule has 1 aliphatic heterocycles. The zero-order valence-electron chi connectivity index (χ0n) is 21.8. The van der Waals surface area contributed by atoms with Crippen molar-refractivity contribution in [2.75, 3.05) is 35.5 Å². The summed E-state index contributed by atoms with van der Waals surface area (Å²) in [4.78, 5) is 25.1. The van der Waals surface area contributed by atoms with E-state index < -0.39 is 33.5 Å². The van der Waals surface area contributed by atoms with Gasteiger partial charge in [-0.2, -0.15) is 0 Å². The number of aliphatic hydroxyl groups excluding tert-OH is 1. The van der Waals surface area contributed by atoms with Crippen LogP contribution in [0.3, 0.4) is 0 Å². The lowest BCUT2D eigenvalue weighted by molar-refractivity contribution is -0.137. The third-order valence-corrected chi connectivity index (χ3v) is 8.25. The van der Waals surface area contributed by atoms with Crippen molar-refractivity contribution in [1.82, 2.24) is 9.88 Å². The van der Waals surface area contributed by atoms with Crippen molar-refractivity contribution in [2.45, 2.75) is 38.0 Å². The quantitative estimate of drug-likeness (QED) is 0.179. The molecule has 6 N–H and O–H groups in total. The van der Waals surface area contributed by atoms with Gasteiger partial charge in [0, 0.05) is 37.8 Å². The number of anilines is 2. The molecule has 1 aromatic heterocycles. The zero-order chi connectivity index (χ0) is 29.0. The molecule has 216 valence electrons. The third-order valence-electron chi connectivity index (χ3n) is 6.69. The molecular weight excluding hydrogens is 560 g/mol. The Morgan fingerprint density at radius 2 is 1.80 bits per heavy atom. The van der Waals surface area contributed by atoms with Crippen molar-refractivity contribution in [3.8, 4) is 11.6 Å². The van der Waals surface area contributed by atoms with E-state index in [0.29, 0.717) is 16.9 Å². The van der Waals surface area contributed by atoms with Crippen LogP contribution in [0.25, 0.3) is 0 Å². The number of aromatic nitrogens is 1. The van der Waals surface area contributed by atoms with Crippen LogP contribution in [-0.2, 0) is 27.8 Å². The van der Waals surface area contributed by atoms with Crippen LogP contribution in [0.5, 0.6) is 11.6 Å². The normalized spacial score (nSPS) is 15.2. The number of thiazole rings is 1. The van der Waals surface area contributed by atoms with Gasteiger partial charge in [-0.25, -0.2) is 8.42 Å². The number of rotatable bonds is 11. The van der Waals surface area contributed by atoms with Gasteiger partial charge >= 0.3 is 10.8 Å². The number of sulfonamides is 1. The first-order valence-electron chi connectivity index (χ1n) is 12.6. The molecule has 0 radical (unpaired) electrons. The van der Waals surface area contributed by atoms with Crippen LogP contribution in [0.4, 0.5) is 11.4 Å². The van der Waals surface area contributed by atoms with Crippen LogP contribution in [0.1, 0.15) is 34.9 Å². The van der Waals surface area contributed by atoms with E-state index in [0.717, 1.165) is 59.3 Å². The number of carboxylic acids is 1. The Kier molecular flexibility index (Phi) is 9.03. The lowest BCUT2D eigenvalue weighted by Gasteiger charge is -2.34. The predicted octanol–water partition coefficient (Wildman–Crippen LogP) is 1.66. The number of nitrogens with one attached hydrogen (secondary N) is 2. The molecule has 14 heteroatoms. The van der Waals surface area contributed by atoms with Crippen molar-refractivity contribution < 1.29 is 33.6 Å². The number of phenols is 1. The molecule has 0 amide bonds. The Labute approximate surface area is 235 Å². The monoisotopic (exact) mass is 592 g/mol. The fourth-order valence-electron chi connectivity index (χ4n) is 4.62. The molecule has 0 spiro atoms. The number of aromatic hydroxyl groups is 2. The van der Waals surface area contributed by atoms with Gasteiger partial charge in [-0.15, -0.1) is 0 Å². The van der Waals surface area contributed by atoms with Crippen LogP contribution < -0.4 is 19.8 Å². The second-order valence-corrected chi connectivity index (χ2v) is 12.6. The van der Waals surface area contributed by atoms with Crippen LogP contribution in [-0.4, -0.2) is 71.3 Å². The summed E-state index contributed by atoms with van der Waals surface area (Å²) >= 11 is 0.839. The van der Waals surface area contributed by atoms with E-state index in [9.17, 15) is 33.3 Å². The molecule has 0 bridgehead atoms. The van der Waals surface area contributed by atoms with E-state index in [1.165, 1.54) is 12.1 Å². The summed E-state index contributed by atoms with van der Waals surface area (Å²) in [7, 11) is -3.57. The summed E-state index contributed by atoms with van der Waals surface area (Å²) < 4.78 is 26.1. The largest absolute Gasteiger partial charge is 0.506 e. The van der Waals surface area contributed by atoms with Crippen molar-refractivity contribution in [3.05, 3.63) is 68.1 Å². The second kappa shape index (κ2) is 12.3. The molecule has 0 unspecified atom stereocenters. The summed E-state index contributed by atoms with van der Waals surface area (Å²) in [6, 6.07) is 12.3. The number of aliphatic carboxylic acids is 1. The minimum atomic E-state index is -3.57. The fourth-order valence-corrected chi connectivity index (χ4v) is 6.10. The Hall–Kier alpha value is -3.59. The van der Waals surface area contributed by atoms with Gasteiger partial charge < -0.3 is 30.6 Å². The molecule has 2 heterocycles. The van der Waals surface area contributed by atoms with Crippen molar-refractivity contribution >= 4 is 38.7 Å². The van der Waals surface area contributed by atoms with E-state index in [2.05, 4.69) is 14.9 Å². The molecule has 0 aliphatic carbocycles. The Bertz CT molecular complexity index is 1510. The minimum Gasteiger partial charge on any atom is -0.506 e. The van der Waals surface area contributed by atoms with E-state index in [-0.39, 0.29) is 29.9 Å². The number of hydrogen-bond donors (Lipinski definition) is 6. The Balaban J connectivity index is 1.27. The number of hydrogen-bond acceptors (Lipinski definition) is 10. The van der Waals surface area contributed by atoms with Gasteiger partial charge in [0.2, 0.25) is 15.9 Å². The first-order chi connectivity index (χ1) is 18.9. The Morgan fingerprint density at radius 1 is 1.12 bits per heavy atom. The summed E-state index contributed by atoms with van der Waals surface area (Å²) in [6.45, 7) is 1.30. The maximum absolute atomic E-state index is 12.0. The third kappa shape index (κ3) is 7.53. The number of carboxylic acid groups (broad SMARTS) is 1. The summed E-state index contributed by atoms with van der Waals surface area (Å²) in [5.74, 6) is -1.73. The molecular formula is C26H32N4O8S2. The summed E-state index contributed by atoms with van der Waals surface area (Å²) in [5.41, 5.74) is 2.42. The predicted molar refractivity (Wildman–Crippen MR) is 152 cm³/mol. The van der Waals surface area contributed by atoms with E-state index in [1.54, 1.807) is 6.07 Å². The molecule has 12 nitrogen and oxygen atoms in total. The molecule has 1 atom stereocenters. The first-order valence-corrected chi connectivity index (χ1v) is 15.3. The zero-order valence-corrected chi connectivity index (χ0v) is 23.4. The smallest absolute Gasteiger partial charge is 0.323 e. The van der Waals surface area contributed by atoms with Crippen molar-refractivity contribution in [3.63, 3.8) is 0 Å². The van der Waals surface area contributed by atoms with Gasteiger partial charge in [0.05, 0.1) is 22.9 Å². The van der Waals surface area contributed by atoms with E-state index >= 15 is 0 Å². The first kappa shape index (κ1) is 29.4. The van der Waals surface area contributed by atoms with Crippen LogP contribution in [0, 0.1) is 0 Å². The molecule has 1 aliphatic rings. The number of piperidine rings is 1. The molecule has 2 aromatic carbocycles. The van der Waals surface area contributed by atoms with Gasteiger partial charge in [-0.3, -0.25) is 18.9 Å². The number of benzene rings is 2. The molecule has 1 fully saturated rings. The van der Waals surface area contributed by atoms with Crippen molar-refractivity contribution in [1.29, 1.82) is 0 Å². The number of nitrogens with zero attached hydrogens (tertiary/aromatic N) is 2. The second-order valence-electron chi connectivity index (χ2n) is 9.77. The van der Waals surface area contributed by atoms with E-state index in [4.69, 9.17) is 5.11 Å². The summed E-state index contributed by atoms with van der Waals surface area (Å²) in [6.07, 6.45) is 2.12. The van der Waals surface area contributed by atoms with Crippen molar-refractivity contribution in [2.24, 2.45) is 0 Å². The number of carbonyl (C=O) groups is 1. The average Bonchev–Trinajstić information content (AvgIpc) is 3.15. The maximum Gasteiger partial charge on any atom is 0.323 e. The Morgan fingerprint density at radius 3 is 2.42 bits per heavy atom. The molecule has 1 saturated heterocycles. The van der Waals surface area contributed by atoms with Gasteiger partial charge in [0.25, 0.3) is 0 Å². The van der Waals surface area contributed by atoms with Crippen LogP contribution in [0.2, 0.25) is 0 Å². The maximum atomic E-state index is 12.0. The van der Waals surface area contributed by atoms with Crippen LogP contribution in [0.15, 0.2) is 47.3 Å². The number of phenolic OH excluding ortho intramolecular Hbond substituents is 1. The molecule has 0 saturated carbocycles. The van der Waals surface area contributed by atoms with E-state index in [1.807, 2.05) is 24.3 Å². The average molecular weight is 593 g/mol. The van der Waals surface area contributed by atoms with Crippen LogP contribution >= 0.6 is 11.3 Å². The highest BCUT2D eigenvalue weighted by atomic mass is 32.2. The molecule has 40 heavy (non-hydrogen) atoms. The van der Waals surface area contributed by atoms with Gasteiger partial charge in [0.1, 0.15) is 12.3 Å². The topological polar surface area (TPSA) is 181 Å². The lowest BCUT2D eigenvalue weighted by atomic mass is 10.0. The molecule has 4 rings (SSSR count). The SMILES string of the molecule is CS(=O)(=O)Nc1cc([C@@H](O)CNC2CCN(c3ccc(Cc4sc(=O)n(CC(=O)O)c4O)cc3)CC2)ccc1O. The number of aliphatic hydroxyl groups is 1. The fraction of sp³-hybridized carbons (Fsp3) is 0.385. The van der Waals surface area contributed by atoms with Gasteiger partial charge in [0.15, 0.2) is 0 Å². The molecule has 3 aromatic rings.